The number of hydrogen-bond donors (Lipinski definition) is 2. The van der Waals surface area contributed by atoms with Crippen molar-refractivity contribution in [1.29, 1.82) is 0 Å². The molecule has 1 amide bonds. The van der Waals surface area contributed by atoms with Crippen LogP contribution >= 0.6 is 12.4 Å². The molecule has 7 heteroatoms. The molecule has 0 bridgehead atoms. The van der Waals surface area contributed by atoms with Gasteiger partial charge in [0.1, 0.15) is 0 Å². The maximum atomic E-state index is 11.6. The average molecular weight is 274 g/mol. The highest BCUT2D eigenvalue weighted by Gasteiger charge is 2.13. The van der Waals surface area contributed by atoms with E-state index in [1.807, 2.05) is 0 Å². The van der Waals surface area contributed by atoms with Crippen molar-refractivity contribution in [3.8, 4) is 0 Å². The van der Waals surface area contributed by atoms with Crippen LogP contribution in [0, 0.1) is 17.0 Å². The van der Waals surface area contributed by atoms with Crippen LogP contribution in [0.1, 0.15) is 22.3 Å². The van der Waals surface area contributed by atoms with E-state index >= 15 is 0 Å². The summed E-state index contributed by atoms with van der Waals surface area (Å²) < 4.78 is 0. The molecule has 0 aromatic heterocycles. The summed E-state index contributed by atoms with van der Waals surface area (Å²) in [5.41, 5.74) is 6.22. The van der Waals surface area contributed by atoms with Gasteiger partial charge in [-0.05, 0) is 32.0 Å². The smallest absolute Gasteiger partial charge is 0.272 e. The van der Waals surface area contributed by atoms with E-state index < -0.39 is 4.92 Å². The first-order chi connectivity index (χ1) is 8.06. The maximum absolute atomic E-state index is 11.6. The number of hydrogen-bond acceptors (Lipinski definition) is 4. The molecule has 0 fully saturated rings. The lowest BCUT2D eigenvalue weighted by molar-refractivity contribution is -0.385. The monoisotopic (exact) mass is 273 g/mol. The van der Waals surface area contributed by atoms with Gasteiger partial charge in [-0.25, -0.2) is 0 Å². The van der Waals surface area contributed by atoms with Crippen molar-refractivity contribution in [1.82, 2.24) is 5.32 Å². The van der Waals surface area contributed by atoms with Crippen LogP contribution in [0.25, 0.3) is 0 Å². The third-order valence-corrected chi connectivity index (χ3v) is 2.32. The first-order valence-corrected chi connectivity index (χ1v) is 5.29. The quantitative estimate of drug-likeness (QED) is 0.481. The minimum absolute atomic E-state index is 0. The molecule has 18 heavy (non-hydrogen) atoms. The van der Waals surface area contributed by atoms with Crippen LogP contribution in [0.4, 0.5) is 5.69 Å². The van der Waals surface area contributed by atoms with Crippen LogP contribution in [-0.2, 0) is 0 Å². The largest absolute Gasteiger partial charge is 0.352 e. The molecule has 0 spiro atoms. The minimum Gasteiger partial charge on any atom is -0.352 e. The molecule has 1 rings (SSSR count). The lowest BCUT2D eigenvalue weighted by atomic mass is 10.1. The van der Waals surface area contributed by atoms with Crippen LogP contribution in [-0.4, -0.2) is 23.9 Å². The van der Waals surface area contributed by atoms with E-state index in [-0.39, 0.29) is 24.0 Å². The summed E-state index contributed by atoms with van der Waals surface area (Å²) in [5.74, 6) is -0.239. The van der Waals surface area contributed by atoms with Gasteiger partial charge >= 0.3 is 0 Å². The van der Waals surface area contributed by atoms with Gasteiger partial charge in [0.2, 0.25) is 0 Å². The van der Waals surface area contributed by atoms with Crippen LogP contribution in [0.3, 0.4) is 0 Å². The number of aryl methyl sites for hydroxylation is 1. The van der Waals surface area contributed by atoms with Gasteiger partial charge in [-0.3, -0.25) is 14.9 Å². The Morgan fingerprint density at radius 3 is 2.67 bits per heavy atom. The zero-order chi connectivity index (χ0) is 12.8. The molecule has 0 aliphatic carbocycles. The van der Waals surface area contributed by atoms with Gasteiger partial charge in [0, 0.05) is 23.7 Å². The van der Waals surface area contributed by atoms with Crippen LogP contribution in [0.5, 0.6) is 0 Å². The summed E-state index contributed by atoms with van der Waals surface area (Å²) in [7, 11) is 0. The number of rotatable bonds is 5. The summed E-state index contributed by atoms with van der Waals surface area (Å²) in [5, 5.41) is 13.3. The molecule has 0 radical (unpaired) electrons. The highest BCUT2D eigenvalue weighted by atomic mass is 35.5. The van der Waals surface area contributed by atoms with Crippen molar-refractivity contribution in [3.05, 3.63) is 39.4 Å². The number of nitro benzene ring substituents is 1. The fourth-order valence-corrected chi connectivity index (χ4v) is 1.41. The molecule has 0 aliphatic rings. The van der Waals surface area contributed by atoms with E-state index in [4.69, 9.17) is 5.73 Å². The van der Waals surface area contributed by atoms with Crippen molar-refractivity contribution in [2.45, 2.75) is 13.3 Å². The fourth-order valence-electron chi connectivity index (χ4n) is 1.41. The molecular weight excluding hydrogens is 258 g/mol. The summed E-state index contributed by atoms with van der Waals surface area (Å²) in [6.45, 7) is 2.62. The van der Waals surface area contributed by atoms with Crippen LogP contribution in [0.2, 0.25) is 0 Å². The van der Waals surface area contributed by atoms with Gasteiger partial charge < -0.3 is 11.1 Å². The first-order valence-electron chi connectivity index (χ1n) is 5.29. The Hall–Kier alpha value is -1.66. The maximum Gasteiger partial charge on any atom is 0.272 e. The number of nitrogens with one attached hydrogen (secondary N) is 1. The highest BCUT2D eigenvalue weighted by molar-refractivity contribution is 5.94. The second-order valence-electron chi connectivity index (χ2n) is 3.66. The molecule has 1 aromatic carbocycles. The molecule has 3 N–H and O–H groups in total. The number of nitrogens with zero attached hydrogens (tertiary/aromatic N) is 1. The van der Waals surface area contributed by atoms with E-state index in [9.17, 15) is 14.9 Å². The molecule has 0 aliphatic heterocycles. The van der Waals surface area contributed by atoms with E-state index in [0.29, 0.717) is 30.6 Å². The van der Waals surface area contributed by atoms with E-state index in [2.05, 4.69) is 5.32 Å². The number of carbonyl (C=O) groups is 1. The number of benzene rings is 1. The number of nitrogens with two attached hydrogens (primary N) is 1. The van der Waals surface area contributed by atoms with Gasteiger partial charge in [-0.2, -0.15) is 0 Å². The zero-order valence-electron chi connectivity index (χ0n) is 10.0. The predicted molar refractivity (Wildman–Crippen MR) is 71.1 cm³/mol. The van der Waals surface area contributed by atoms with Crippen LogP contribution in [0.15, 0.2) is 18.2 Å². The number of carbonyl (C=O) groups excluding carboxylic acids is 1. The third kappa shape index (κ3) is 4.31. The Balaban J connectivity index is 0.00000289. The molecular formula is C11H16ClN3O3. The normalized spacial score (nSPS) is 9.44. The zero-order valence-corrected chi connectivity index (χ0v) is 10.8. The molecule has 0 atom stereocenters. The Kier molecular flexibility index (Phi) is 6.92. The molecule has 100 valence electrons. The lowest BCUT2D eigenvalue weighted by Gasteiger charge is -2.05. The molecule has 6 nitrogen and oxygen atoms in total. The molecule has 1 aromatic rings. The van der Waals surface area contributed by atoms with Crippen molar-refractivity contribution < 1.29 is 9.72 Å². The summed E-state index contributed by atoms with van der Waals surface area (Å²) in [6.07, 6.45) is 0.706. The van der Waals surface area contributed by atoms with Crippen molar-refractivity contribution in [2.24, 2.45) is 5.73 Å². The van der Waals surface area contributed by atoms with Crippen molar-refractivity contribution in [3.63, 3.8) is 0 Å². The number of nitro groups is 1. The first kappa shape index (κ1) is 16.3. The fraction of sp³-hybridized carbons (Fsp3) is 0.364. The van der Waals surface area contributed by atoms with Crippen molar-refractivity contribution in [2.75, 3.05) is 13.1 Å². The average Bonchev–Trinajstić information content (AvgIpc) is 2.28. The van der Waals surface area contributed by atoms with Crippen molar-refractivity contribution >= 4 is 24.0 Å². The van der Waals surface area contributed by atoms with Gasteiger partial charge in [0.15, 0.2) is 0 Å². The van der Waals surface area contributed by atoms with Crippen LogP contribution < -0.4 is 11.1 Å². The molecule has 0 unspecified atom stereocenters. The summed E-state index contributed by atoms with van der Waals surface area (Å²) in [6, 6.07) is 4.30. The van der Waals surface area contributed by atoms with E-state index in [1.54, 1.807) is 6.92 Å². The van der Waals surface area contributed by atoms with Gasteiger partial charge in [-0.1, -0.05) is 0 Å². The predicted octanol–water partition coefficient (Wildman–Crippen LogP) is 1.40. The summed E-state index contributed by atoms with van der Waals surface area (Å²) >= 11 is 0. The van der Waals surface area contributed by atoms with Gasteiger partial charge in [0.25, 0.3) is 11.6 Å². The topological polar surface area (TPSA) is 98.3 Å². The second-order valence-corrected chi connectivity index (χ2v) is 3.66. The summed E-state index contributed by atoms with van der Waals surface area (Å²) in [4.78, 5) is 21.8. The Morgan fingerprint density at radius 2 is 2.17 bits per heavy atom. The highest BCUT2D eigenvalue weighted by Crippen LogP contribution is 2.18. The Morgan fingerprint density at radius 1 is 1.50 bits per heavy atom. The SMILES string of the molecule is Cc1cc(C(=O)NCCCN)ccc1[N+](=O)[O-].Cl. The van der Waals surface area contributed by atoms with E-state index in [1.165, 1.54) is 18.2 Å². The molecule has 0 heterocycles. The standard InChI is InChI=1S/C11H15N3O3.ClH/c1-8-7-9(3-4-10(8)14(16)17)11(15)13-6-2-5-12;/h3-4,7H,2,5-6,12H2,1H3,(H,13,15);1H. The Bertz CT molecular complexity index is 438. The van der Waals surface area contributed by atoms with E-state index in [0.717, 1.165) is 0 Å². The second kappa shape index (κ2) is 7.62. The Labute approximate surface area is 111 Å². The molecule has 0 saturated heterocycles. The number of amides is 1. The molecule has 0 saturated carbocycles. The van der Waals surface area contributed by atoms with Gasteiger partial charge in [0.05, 0.1) is 4.92 Å². The number of halogens is 1. The van der Waals surface area contributed by atoms with Gasteiger partial charge in [-0.15, -0.1) is 12.4 Å². The lowest BCUT2D eigenvalue weighted by Crippen LogP contribution is -2.26. The minimum atomic E-state index is -0.467. The third-order valence-electron chi connectivity index (χ3n) is 2.32.